The molecule has 0 saturated carbocycles. The maximum atomic E-state index is 12.4. The van der Waals surface area contributed by atoms with Gasteiger partial charge in [0.2, 0.25) is 0 Å². The largest absolute Gasteiger partial charge is 0.488 e. The molecular formula is C24H31BrN2O3. The lowest BCUT2D eigenvalue weighted by atomic mass is 10.1. The summed E-state index contributed by atoms with van der Waals surface area (Å²) in [5.41, 5.74) is 1.86. The number of ether oxygens (including phenoxy) is 2. The van der Waals surface area contributed by atoms with Gasteiger partial charge in [0.25, 0.3) is 0 Å². The first-order valence-electron chi connectivity index (χ1n) is 10.4. The Morgan fingerprint density at radius 2 is 1.83 bits per heavy atom. The third-order valence-corrected chi connectivity index (χ3v) is 5.63. The Kier molecular flexibility index (Phi) is 7.42. The molecule has 0 aliphatic carbocycles. The zero-order valence-electron chi connectivity index (χ0n) is 18.2. The topological polar surface area (TPSA) is 42.0 Å². The van der Waals surface area contributed by atoms with Crippen LogP contribution < -0.4 is 4.74 Å². The SMILES string of the molecule is C[C@H]1CN(Cc2ccc(Br)c(OCc3ccccc3)c2)CCN1C(=O)OC(C)(C)C. The third kappa shape index (κ3) is 6.47. The van der Waals surface area contributed by atoms with Gasteiger partial charge in [0, 0.05) is 32.2 Å². The number of amides is 1. The molecule has 6 heteroatoms. The first kappa shape index (κ1) is 22.6. The second kappa shape index (κ2) is 9.84. The van der Waals surface area contributed by atoms with Gasteiger partial charge < -0.3 is 14.4 Å². The lowest BCUT2D eigenvalue weighted by molar-refractivity contribution is 0.000559. The summed E-state index contributed by atoms with van der Waals surface area (Å²) in [6.07, 6.45) is -0.227. The fourth-order valence-corrected chi connectivity index (χ4v) is 3.88. The van der Waals surface area contributed by atoms with E-state index in [1.807, 2.05) is 49.9 Å². The molecule has 30 heavy (non-hydrogen) atoms. The van der Waals surface area contributed by atoms with E-state index >= 15 is 0 Å². The van der Waals surface area contributed by atoms with E-state index in [-0.39, 0.29) is 12.1 Å². The summed E-state index contributed by atoms with van der Waals surface area (Å²) >= 11 is 3.59. The molecule has 1 heterocycles. The summed E-state index contributed by atoms with van der Waals surface area (Å²) in [6, 6.07) is 16.5. The Balaban J connectivity index is 1.57. The van der Waals surface area contributed by atoms with Crippen LogP contribution in [0.5, 0.6) is 5.75 Å². The van der Waals surface area contributed by atoms with E-state index in [1.165, 1.54) is 5.56 Å². The Bertz CT molecular complexity index is 851. The smallest absolute Gasteiger partial charge is 0.410 e. The van der Waals surface area contributed by atoms with E-state index in [1.54, 1.807) is 0 Å². The van der Waals surface area contributed by atoms with Crippen molar-refractivity contribution in [3.63, 3.8) is 0 Å². The molecule has 5 nitrogen and oxygen atoms in total. The number of piperazine rings is 1. The molecule has 0 unspecified atom stereocenters. The van der Waals surface area contributed by atoms with Crippen LogP contribution in [0.15, 0.2) is 53.0 Å². The molecular weight excluding hydrogens is 444 g/mol. The number of carbonyl (C=O) groups excluding carboxylic acids is 1. The zero-order chi connectivity index (χ0) is 21.7. The molecule has 2 aromatic carbocycles. The summed E-state index contributed by atoms with van der Waals surface area (Å²) in [6.45, 7) is 11.4. The average molecular weight is 475 g/mol. The van der Waals surface area contributed by atoms with Gasteiger partial charge in [0.1, 0.15) is 18.0 Å². The van der Waals surface area contributed by atoms with Crippen LogP contribution in [0.4, 0.5) is 4.79 Å². The van der Waals surface area contributed by atoms with Crippen molar-refractivity contribution in [2.75, 3.05) is 19.6 Å². The fourth-order valence-electron chi connectivity index (χ4n) is 3.52. The zero-order valence-corrected chi connectivity index (χ0v) is 19.8. The van der Waals surface area contributed by atoms with Crippen molar-refractivity contribution in [1.82, 2.24) is 9.80 Å². The Morgan fingerprint density at radius 3 is 2.50 bits per heavy atom. The maximum absolute atomic E-state index is 12.4. The molecule has 0 aromatic heterocycles. The average Bonchev–Trinajstić information content (AvgIpc) is 2.68. The molecule has 1 aliphatic rings. The molecule has 1 fully saturated rings. The van der Waals surface area contributed by atoms with E-state index in [0.29, 0.717) is 13.2 Å². The number of hydrogen-bond acceptors (Lipinski definition) is 4. The number of hydrogen-bond donors (Lipinski definition) is 0. The Labute approximate surface area is 188 Å². The van der Waals surface area contributed by atoms with Crippen LogP contribution >= 0.6 is 15.9 Å². The predicted octanol–water partition coefficient (Wildman–Crippen LogP) is 5.47. The van der Waals surface area contributed by atoms with E-state index in [2.05, 4.69) is 52.0 Å². The molecule has 162 valence electrons. The Hall–Kier alpha value is -2.05. The normalized spacial score (nSPS) is 17.6. The van der Waals surface area contributed by atoms with Crippen molar-refractivity contribution in [2.45, 2.75) is 52.5 Å². The maximum Gasteiger partial charge on any atom is 0.410 e. The Morgan fingerprint density at radius 1 is 1.10 bits per heavy atom. The lowest BCUT2D eigenvalue weighted by Gasteiger charge is -2.40. The standard InChI is InChI=1S/C24H31BrN2O3/c1-18-15-26(12-13-27(18)23(28)30-24(2,3)4)16-20-10-11-21(25)22(14-20)29-17-19-8-6-5-7-9-19/h5-11,14,18H,12-13,15-17H2,1-4H3/t18-/m0/s1. The fraction of sp³-hybridized carbons (Fsp3) is 0.458. The van der Waals surface area contributed by atoms with Gasteiger partial charge in [0.15, 0.2) is 0 Å². The number of benzene rings is 2. The van der Waals surface area contributed by atoms with Crippen LogP contribution in [0, 0.1) is 0 Å². The van der Waals surface area contributed by atoms with Crippen molar-refractivity contribution in [1.29, 1.82) is 0 Å². The van der Waals surface area contributed by atoms with E-state index in [0.717, 1.165) is 35.4 Å². The minimum Gasteiger partial charge on any atom is -0.488 e. The molecule has 0 N–H and O–H groups in total. The van der Waals surface area contributed by atoms with Crippen molar-refractivity contribution in [2.24, 2.45) is 0 Å². The monoisotopic (exact) mass is 474 g/mol. The molecule has 3 rings (SSSR count). The third-order valence-electron chi connectivity index (χ3n) is 4.98. The molecule has 1 aliphatic heterocycles. The minimum absolute atomic E-state index is 0.109. The van der Waals surface area contributed by atoms with Crippen LogP contribution in [0.25, 0.3) is 0 Å². The second-order valence-electron chi connectivity index (χ2n) is 8.80. The van der Waals surface area contributed by atoms with Crippen molar-refractivity contribution < 1.29 is 14.3 Å². The first-order chi connectivity index (χ1) is 14.2. The van der Waals surface area contributed by atoms with Gasteiger partial charge in [-0.3, -0.25) is 4.90 Å². The van der Waals surface area contributed by atoms with E-state index in [4.69, 9.17) is 9.47 Å². The number of nitrogens with zero attached hydrogens (tertiary/aromatic N) is 2. The molecule has 0 bridgehead atoms. The number of halogens is 1. The van der Waals surface area contributed by atoms with Gasteiger partial charge in [-0.15, -0.1) is 0 Å². The summed E-state index contributed by atoms with van der Waals surface area (Å²) < 4.78 is 12.5. The number of rotatable bonds is 5. The highest BCUT2D eigenvalue weighted by Crippen LogP contribution is 2.28. The molecule has 0 spiro atoms. The van der Waals surface area contributed by atoms with Gasteiger partial charge >= 0.3 is 6.09 Å². The number of carbonyl (C=O) groups is 1. The highest BCUT2D eigenvalue weighted by Gasteiger charge is 2.30. The van der Waals surface area contributed by atoms with Crippen molar-refractivity contribution in [3.05, 3.63) is 64.1 Å². The molecule has 1 atom stereocenters. The summed E-state index contributed by atoms with van der Waals surface area (Å²) in [5, 5.41) is 0. The predicted molar refractivity (Wildman–Crippen MR) is 123 cm³/mol. The summed E-state index contributed by atoms with van der Waals surface area (Å²) in [4.78, 5) is 16.6. The van der Waals surface area contributed by atoms with Crippen LogP contribution in [0.2, 0.25) is 0 Å². The highest BCUT2D eigenvalue weighted by molar-refractivity contribution is 9.10. The van der Waals surface area contributed by atoms with Crippen LogP contribution in [0.3, 0.4) is 0 Å². The highest BCUT2D eigenvalue weighted by atomic mass is 79.9. The van der Waals surface area contributed by atoms with Crippen molar-refractivity contribution >= 4 is 22.0 Å². The van der Waals surface area contributed by atoms with Gasteiger partial charge in [-0.25, -0.2) is 4.79 Å². The molecule has 0 radical (unpaired) electrons. The molecule has 1 saturated heterocycles. The molecule has 2 aromatic rings. The van der Waals surface area contributed by atoms with Crippen LogP contribution in [-0.2, 0) is 17.9 Å². The lowest BCUT2D eigenvalue weighted by Crippen LogP contribution is -2.54. The van der Waals surface area contributed by atoms with E-state index < -0.39 is 5.60 Å². The minimum atomic E-state index is -0.471. The quantitative estimate of drug-likeness (QED) is 0.575. The molecule has 1 amide bonds. The first-order valence-corrected chi connectivity index (χ1v) is 11.2. The van der Waals surface area contributed by atoms with E-state index in [9.17, 15) is 4.79 Å². The van der Waals surface area contributed by atoms with Crippen LogP contribution in [-0.4, -0.2) is 47.2 Å². The van der Waals surface area contributed by atoms with Crippen molar-refractivity contribution in [3.8, 4) is 5.75 Å². The van der Waals surface area contributed by atoms with Gasteiger partial charge in [-0.05, 0) is 66.9 Å². The van der Waals surface area contributed by atoms with Crippen LogP contribution in [0.1, 0.15) is 38.8 Å². The summed E-state index contributed by atoms with van der Waals surface area (Å²) in [7, 11) is 0. The van der Waals surface area contributed by atoms with Gasteiger partial charge in [-0.1, -0.05) is 36.4 Å². The second-order valence-corrected chi connectivity index (χ2v) is 9.65. The van der Waals surface area contributed by atoms with Gasteiger partial charge in [-0.2, -0.15) is 0 Å². The summed E-state index contributed by atoms with van der Waals surface area (Å²) in [5.74, 6) is 0.844. The van der Waals surface area contributed by atoms with Gasteiger partial charge in [0.05, 0.1) is 4.47 Å².